The van der Waals surface area contributed by atoms with E-state index in [9.17, 15) is 8.42 Å². The Kier molecular flexibility index (Phi) is 7.31. The molecule has 8 rings (SSSR count). The molecular weight excluding hydrogens is 599 g/mol. The summed E-state index contributed by atoms with van der Waals surface area (Å²) in [5, 5.41) is 1.79. The highest BCUT2D eigenvalue weighted by Crippen LogP contribution is 2.36. The fourth-order valence-electron chi connectivity index (χ4n) is 6.30. The molecule has 0 amide bonds. The van der Waals surface area contributed by atoms with Crippen molar-refractivity contribution in [3.8, 4) is 11.4 Å². The maximum Gasteiger partial charge on any atom is 0.268 e. The number of benzene rings is 2. The van der Waals surface area contributed by atoms with Crippen molar-refractivity contribution in [1.82, 2.24) is 28.7 Å². The molecule has 2 aromatic carbocycles. The van der Waals surface area contributed by atoms with Crippen molar-refractivity contribution in [1.29, 1.82) is 0 Å². The van der Waals surface area contributed by atoms with Gasteiger partial charge in [0.05, 0.1) is 43.4 Å². The maximum absolute atomic E-state index is 13.8. The summed E-state index contributed by atoms with van der Waals surface area (Å²) in [7, 11) is -3.84. The number of hydrogen-bond acceptors (Lipinski definition) is 11. The van der Waals surface area contributed by atoms with Crippen LogP contribution < -0.4 is 4.90 Å². The summed E-state index contributed by atoms with van der Waals surface area (Å²) in [6.45, 7) is 9.10. The SMILES string of the molecule is O=S(=O)(c1ccccc1)n1cc(-c2nc(N3CCOCC3)c3nc(CN4CC(N5CCOCC5)C4)sc3n2)c2ccccc21. The molecule has 3 saturated heterocycles. The van der Waals surface area contributed by atoms with Crippen LogP contribution in [0.5, 0.6) is 0 Å². The zero-order valence-electron chi connectivity index (χ0n) is 24.2. The van der Waals surface area contributed by atoms with Gasteiger partial charge >= 0.3 is 0 Å². The van der Waals surface area contributed by atoms with Crippen LogP contribution in [0.4, 0.5) is 5.82 Å². The molecule has 0 saturated carbocycles. The number of hydrogen-bond donors (Lipinski definition) is 0. The second-order valence-electron chi connectivity index (χ2n) is 11.4. The van der Waals surface area contributed by atoms with Crippen LogP contribution in [0.1, 0.15) is 5.01 Å². The quantitative estimate of drug-likeness (QED) is 0.266. The third-order valence-corrected chi connectivity index (χ3v) is 11.3. The van der Waals surface area contributed by atoms with Gasteiger partial charge in [-0.05, 0) is 18.2 Å². The third kappa shape index (κ3) is 5.07. The number of anilines is 1. The average Bonchev–Trinajstić information content (AvgIpc) is 3.65. The Hall–Kier alpha value is -3.46. The van der Waals surface area contributed by atoms with Gasteiger partial charge in [0, 0.05) is 62.5 Å². The number of aromatic nitrogens is 4. The van der Waals surface area contributed by atoms with Crippen LogP contribution >= 0.6 is 11.3 Å². The predicted molar refractivity (Wildman–Crippen MR) is 170 cm³/mol. The lowest BCUT2D eigenvalue weighted by atomic mass is 10.1. The van der Waals surface area contributed by atoms with E-state index in [4.69, 9.17) is 24.4 Å². The highest BCUT2D eigenvalue weighted by atomic mass is 32.2. The Labute approximate surface area is 259 Å². The minimum absolute atomic E-state index is 0.228. The molecule has 6 heterocycles. The summed E-state index contributed by atoms with van der Waals surface area (Å²) in [4.78, 5) is 23.4. The normalized spacial score (nSPS) is 19.1. The molecule has 5 aromatic rings. The van der Waals surface area contributed by atoms with Crippen molar-refractivity contribution in [2.24, 2.45) is 0 Å². The summed E-state index contributed by atoms with van der Waals surface area (Å²) in [5.41, 5.74) is 2.05. The van der Waals surface area contributed by atoms with E-state index in [1.54, 1.807) is 41.8 Å². The van der Waals surface area contributed by atoms with Crippen LogP contribution in [-0.2, 0) is 26.0 Å². The van der Waals surface area contributed by atoms with Gasteiger partial charge in [-0.25, -0.2) is 27.3 Å². The fraction of sp³-hybridized carbons (Fsp3) is 0.387. The molecule has 3 aliphatic heterocycles. The first-order valence-corrected chi connectivity index (χ1v) is 17.3. The molecule has 13 heteroatoms. The first-order chi connectivity index (χ1) is 21.5. The van der Waals surface area contributed by atoms with Gasteiger partial charge in [0.2, 0.25) is 0 Å². The van der Waals surface area contributed by atoms with Gasteiger partial charge in [0.1, 0.15) is 15.4 Å². The molecule has 0 N–H and O–H groups in total. The van der Waals surface area contributed by atoms with Crippen molar-refractivity contribution in [3.05, 3.63) is 65.8 Å². The number of ether oxygens (including phenoxy) is 2. The van der Waals surface area contributed by atoms with Crippen molar-refractivity contribution in [2.45, 2.75) is 17.5 Å². The van der Waals surface area contributed by atoms with Gasteiger partial charge in [0.15, 0.2) is 11.6 Å². The number of morpholine rings is 2. The average molecular weight is 632 g/mol. The molecule has 44 heavy (non-hydrogen) atoms. The number of para-hydroxylation sites is 1. The lowest BCUT2D eigenvalue weighted by Crippen LogP contribution is -2.60. The molecular formula is C31H33N7O4S2. The standard InChI is InChI=1S/C31H33N7O4S2/c39-44(40,23-6-2-1-3-7-23)38-20-25(24-8-4-5-9-26(24)38)29-33-30(37-12-16-42-17-13-37)28-31(34-29)43-27(32-28)21-35-18-22(19-35)36-10-14-41-15-11-36/h1-9,20,22H,10-19,21H2. The monoisotopic (exact) mass is 631 g/mol. The first-order valence-electron chi connectivity index (χ1n) is 15.0. The van der Waals surface area contributed by atoms with Crippen LogP contribution in [0.2, 0.25) is 0 Å². The lowest BCUT2D eigenvalue weighted by molar-refractivity contribution is -0.0344. The van der Waals surface area contributed by atoms with E-state index in [1.165, 1.54) is 3.97 Å². The Bertz CT molecular complexity index is 1910. The zero-order valence-corrected chi connectivity index (χ0v) is 25.8. The molecule has 0 aliphatic carbocycles. The van der Waals surface area contributed by atoms with E-state index >= 15 is 0 Å². The minimum atomic E-state index is -3.84. The van der Waals surface area contributed by atoms with E-state index in [-0.39, 0.29) is 4.90 Å². The largest absolute Gasteiger partial charge is 0.379 e. The number of fused-ring (bicyclic) bond motifs is 2. The molecule has 0 radical (unpaired) electrons. The number of likely N-dealkylation sites (tertiary alicyclic amines) is 1. The molecule has 0 bridgehead atoms. The predicted octanol–water partition coefficient (Wildman–Crippen LogP) is 3.30. The molecule has 0 atom stereocenters. The Morgan fingerprint density at radius 3 is 2.32 bits per heavy atom. The van der Waals surface area contributed by atoms with Gasteiger partial charge in [0.25, 0.3) is 10.0 Å². The molecule has 0 spiro atoms. The van der Waals surface area contributed by atoms with E-state index < -0.39 is 10.0 Å². The summed E-state index contributed by atoms with van der Waals surface area (Å²) in [5.74, 6) is 1.26. The Morgan fingerprint density at radius 2 is 1.55 bits per heavy atom. The summed E-state index contributed by atoms with van der Waals surface area (Å²) in [6, 6.07) is 16.6. The Balaban J connectivity index is 1.17. The van der Waals surface area contributed by atoms with Gasteiger partial charge in [-0.2, -0.15) is 0 Å². The van der Waals surface area contributed by atoms with Crippen molar-refractivity contribution >= 4 is 48.4 Å². The summed E-state index contributed by atoms with van der Waals surface area (Å²) in [6.07, 6.45) is 1.66. The molecule has 3 aliphatic rings. The second kappa shape index (κ2) is 11.5. The molecule has 3 fully saturated rings. The van der Waals surface area contributed by atoms with Gasteiger partial charge in [-0.1, -0.05) is 47.7 Å². The van der Waals surface area contributed by atoms with E-state index in [1.807, 2.05) is 30.3 Å². The van der Waals surface area contributed by atoms with Gasteiger partial charge in [-0.15, -0.1) is 0 Å². The van der Waals surface area contributed by atoms with Crippen LogP contribution in [-0.4, -0.2) is 109 Å². The minimum Gasteiger partial charge on any atom is -0.379 e. The van der Waals surface area contributed by atoms with E-state index in [0.29, 0.717) is 49.2 Å². The summed E-state index contributed by atoms with van der Waals surface area (Å²) >= 11 is 1.59. The van der Waals surface area contributed by atoms with Gasteiger partial charge < -0.3 is 14.4 Å². The molecule has 228 valence electrons. The number of nitrogens with zero attached hydrogens (tertiary/aromatic N) is 7. The lowest BCUT2D eigenvalue weighted by Gasteiger charge is -2.46. The van der Waals surface area contributed by atoms with Crippen molar-refractivity contribution in [3.63, 3.8) is 0 Å². The number of thiazole rings is 1. The molecule has 0 unspecified atom stereocenters. The molecule has 3 aromatic heterocycles. The Morgan fingerprint density at radius 1 is 0.841 bits per heavy atom. The van der Waals surface area contributed by atoms with Crippen LogP contribution in [0.3, 0.4) is 0 Å². The smallest absolute Gasteiger partial charge is 0.268 e. The number of rotatable bonds is 7. The maximum atomic E-state index is 13.8. The second-order valence-corrected chi connectivity index (χ2v) is 14.3. The van der Waals surface area contributed by atoms with E-state index in [0.717, 1.165) is 72.5 Å². The van der Waals surface area contributed by atoms with Gasteiger partial charge in [-0.3, -0.25) is 9.80 Å². The highest BCUT2D eigenvalue weighted by Gasteiger charge is 2.33. The zero-order chi connectivity index (χ0) is 29.7. The fourth-order valence-corrected chi connectivity index (χ4v) is 8.67. The van der Waals surface area contributed by atoms with Crippen molar-refractivity contribution in [2.75, 3.05) is 70.6 Å². The topological polar surface area (TPSA) is 106 Å². The van der Waals surface area contributed by atoms with Crippen molar-refractivity contribution < 1.29 is 17.9 Å². The summed E-state index contributed by atoms with van der Waals surface area (Å²) < 4.78 is 40.0. The highest BCUT2D eigenvalue weighted by molar-refractivity contribution is 7.90. The third-order valence-electron chi connectivity index (χ3n) is 8.67. The van der Waals surface area contributed by atoms with Crippen LogP contribution in [0, 0.1) is 0 Å². The van der Waals surface area contributed by atoms with Crippen LogP contribution in [0.15, 0.2) is 65.7 Å². The van der Waals surface area contributed by atoms with Crippen LogP contribution in [0.25, 0.3) is 32.6 Å². The first kappa shape index (κ1) is 28.0. The molecule has 11 nitrogen and oxygen atoms in total. The van der Waals surface area contributed by atoms with E-state index in [2.05, 4.69) is 14.7 Å².